The minimum Gasteiger partial charge on any atom is -0.481 e. The molecule has 2 atom stereocenters. The summed E-state index contributed by atoms with van der Waals surface area (Å²) in [5, 5.41) is 12.2. The van der Waals surface area contributed by atoms with Gasteiger partial charge in [0.15, 0.2) is 0 Å². The second-order valence-corrected chi connectivity index (χ2v) is 4.05. The van der Waals surface area contributed by atoms with Gasteiger partial charge in [-0.05, 0) is 25.3 Å². The summed E-state index contributed by atoms with van der Waals surface area (Å²) in [5.74, 6) is -0.196. The van der Waals surface area contributed by atoms with Crippen molar-refractivity contribution in [2.75, 3.05) is 6.54 Å². The van der Waals surface area contributed by atoms with Crippen LogP contribution in [0.1, 0.15) is 39.5 Å². The van der Waals surface area contributed by atoms with E-state index in [2.05, 4.69) is 12.2 Å². The van der Waals surface area contributed by atoms with E-state index < -0.39 is 5.97 Å². The molecule has 13 heavy (non-hydrogen) atoms. The molecule has 0 aromatic carbocycles. The van der Waals surface area contributed by atoms with Crippen LogP contribution in [0.4, 0.5) is 0 Å². The highest BCUT2D eigenvalue weighted by Gasteiger charge is 2.40. The Morgan fingerprint density at radius 2 is 2.38 bits per heavy atom. The van der Waals surface area contributed by atoms with Crippen molar-refractivity contribution < 1.29 is 9.90 Å². The lowest BCUT2D eigenvalue weighted by atomic mass is 9.85. The summed E-state index contributed by atoms with van der Waals surface area (Å²) in [4.78, 5) is 10.7. The summed E-state index contributed by atoms with van der Waals surface area (Å²) in [6.07, 6.45) is 3.58. The lowest BCUT2D eigenvalue weighted by Gasteiger charge is -2.33. The SMILES string of the molecule is CCNC1(CC(=O)O)CCCC1C. The van der Waals surface area contributed by atoms with Crippen LogP contribution in [0.2, 0.25) is 0 Å². The first-order chi connectivity index (χ1) is 6.10. The zero-order valence-electron chi connectivity index (χ0n) is 8.47. The van der Waals surface area contributed by atoms with E-state index in [1.54, 1.807) is 0 Å². The van der Waals surface area contributed by atoms with Crippen LogP contribution in [-0.4, -0.2) is 23.2 Å². The monoisotopic (exact) mass is 185 g/mol. The molecule has 0 aromatic heterocycles. The first-order valence-corrected chi connectivity index (χ1v) is 5.07. The van der Waals surface area contributed by atoms with E-state index in [4.69, 9.17) is 5.11 Å². The van der Waals surface area contributed by atoms with Gasteiger partial charge < -0.3 is 10.4 Å². The van der Waals surface area contributed by atoms with Crippen molar-refractivity contribution >= 4 is 5.97 Å². The standard InChI is InChI=1S/C10H19NO2/c1-3-11-10(7-9(12)13)6-4-5-8(10)2/h8,11H,3-7H2,1-2H3,(H,12,13). The molecule has 1 fully saturated rings. The maximum absolute atomic E-state index is 10.7. The van der Waals surface area contributed by atoms with Gasteiger partial charge in [0.2, 0.25) is 0 Å². The molecule has 0 amide bonds. The van der Waals surface area contributed by atoms with Crippen LogP contribution < -0.4 is 5.32 Å². The van der Waals surface area contributed by atoms with E-state index in [1.165, 1.54) is 0 Å². The maximum atomic E-state index is 10.7. The molecule has 76 valence electrons. The third kappa shape index (κ3) is 2.21. The number of hydrogen-bond donors (Lipinski definition) is 2. The van der Waals surface area contributed by atoms with E-state index >= 15 is 0 Å². The largest absolute Gasteiger partial charge is 0.481 e. The van der Waals surface area contributed by atoms with Crippen LogP contribution in [0.25, 0.3) is 0 Å². The van der Waals surface area contributed by atoms with E-state index in [0.717, 1.165) is 25.8 Å². The van der Waals surface area contributed by atoms with Crippen molar-refractivity contribution in [2.45, 2.75) is 45.1 Å². The number of carbonyl (C=O) groups is 1. The second kappa shape index (κ2) is 4.09. The molecule has 0 aliphatic heterocycles. The van der Waals surface area contributed by atoms with Crippen molar-refractivity contribution in [2.24, 2.45) is 5.92 Å². The highest BCUT2D eigenvalue weighted by Crippen LogP contribution is 2.37. The van der Waals surface area contributed by atoms with Gasteiger partial charge in [0.05, 0.1) is 6.42 Å². The zero-order chi connectivity index (χ0) is 9.90. The smallest absolute Gasteiger partial charge is 0.305 e. The normalized spacial score (nSPS) is 33.5. The second-order valence-electron chi connectivity index (χ2n) is 4.05. The van der Waals surface area contributed by atoms with Crippen LogP contribution in [0, 0.1) is 5.92 Å². The average molecular weight is 185 g/mol. The fraction of sp³-hybridized carbons (Fsp3) is 0.900. The van der Waals surface area contributed by atoms with Gasteiger partial charge in [0.25, 0.3) is 0 Å². The molecule has 1 aliphatic rings. The van der Waals surface area contributed by atoms with E-state index in [0.29, 0.717) is 5.92 Å². The van der Waals surface area contributed by atoms with Crippen molar-refractivity contribution in [3.05, 3.63) is 0 Å². The highest BCUT2D eigenvalue weighted by atomic mass is 16.4. The Kier molecular flexibility index (Phi) is 3.31. The number of carboxylic acid groups (broad SMARTS) is 1. The van der Waals surface area contributed by atoms with Crippen molar-refractivity contribution in [1.29, 1.82) is 0 Å². The van der Waals surface area contributed by atoms with Crippen LogP contribution in [0.3, 0.4) is 0 Å². The van der Waals surface area contributed by atoms with Crippen molar-refractivity contribution in [1.82, 2.24) is 5.32 Å². The Bertz CT molecular complexity index is 193. The molecule has 2 unspecified atom stereocenters. The summed E-state index contributed by atoms with van der Waals surface area (Å²) in [6, 6.07) is 0. The predicted octanol–water partition coefficient (Wildman–Crippen LogP) is 1.63. The minimum absolute atomic E-state index is 0.124. The molecule has 0 aromatic rings. The van der Waals surface area contributed by atoms with Gasteiger partial charge in [-0.1, -0.05) is 20.3 Å². The Hall–Kier alpha value is -0.570. The van der Waals surface area contributed by atoms with Gasteiger partial charge in [0, 0.05) is 5.54 Å². The number of aliphatic carboxylic acids is 1. The predicted molar refractivity (Wildman–Crippen MR) is 51.7 cm³/mol. The highest BCUT2D eigenvalue weighted by molar-refractivity contribution is 5.68. The third-order valence-electron chi connectivity index (χ3n) is 3.20. The van der Waals surface area contributed by atoms with E-state index in [-0.39, 0.29) is 12.0 Å². The number of rotatable bonds is 4. The number of hydrogen-bond acceptors (Lipinski definition) is 2. The van der Waals surface area contributed by atoms with E-state index in [1.807, 2.05) is 6.92 Å². The molecule has 0 saturated heterocycles. The molecule has 3 heteroatoms. The topological polar surface area (TPSA) is 49.3 Å². The summed E-state index contributed by atoms with van der Waals surface area (Å²) in [5.41, 5.74) is -0.124. The average Bonchev–Trinajstić information content (AvgIpc) is 2.32. The Morgan fingerprint density at radius 3 is 2.77 bits per heavy atom. The molecule has 0 spiro atoms. The molecule has 0 bridgehead atoms. The summed E-state index contributed by atoms with van der Waals surface area (Å²) >= 11 is 0. The fourth-order valence-electron chi connectivity index (χ4n) is 2.46. The first-order valence-electron chi connectivity index (χ1n) is 5.07. The molecule has 0 heterocycles. The third-order valence-corrected chi connectivity index (χ3v) is 3.20. The number of carboxylic acids is 1. The van der Waals surface area contributed by atoms with Gasteiger partial charge in [0.1, 0.15) is 0 Å². The molecule has 1 aliphatic carbocycles. The first kappa shape index (κ1) is 10.5. The van der Waals surface area contributed by atoms with Crippen LogP contribution >= 0.6 is 0 Å². The molecule has 0 radical (unpaired) electrons. The fourth-order valence-corrected chi connectivity index (χ4v) is 2.46. The lowest BCUT2D eigenvalue weighted by Crippen LogP contribution is -2.48. The van der Waals surface area contributed by atoms with E-state index in [9.17, 15) is 4.79 Å². The molecular weight excluding hydrogens is 166 g/mol. The van der Waals surface area contributed by atoms with Crippen molar-refractivity contribution in [3.8, 4) is 0 Å². The molecule has 3 nitrogen and oxygen atoms in total. The molecule has 2 N–H and O–H groups in total. The zero-order valence-corrected chi connectivity index (χ0v) is 8.47. The summed E-state index contributed by atoms with van der Waals surface area (Å²) in [6.45, 7) is 5.05. The van der Waals surface area contributed by atoms with Crippen LogP contribution in [0.5, 0.6) is 0 Å². The molecular formula is C10H19NO2. The van der Waals surface area contributed by atoms with Crippen LogP contribution in [0.15, 0.2) is 0 Å². The van der Waals surface area contributed by atoms with Gasteiger partial charge >= 0.3 is 5.97 Å². The summed E-state index contributed by atoms with van der Waals surface area (Å²) < 4.78 is 0. The van der Waals surface area contributed by atoms with Gasteiger partial charge in [-0.3, -0.25) is 4.79 Å². The lowest BCUT2D eigenvalue weighted by molar-refractivity contribution is -0.139. The Labute approximate surface area is 79.5 Å². The molecule has 1 rings (SSSR count). The van der Waals surface area contributed by atoms with Crippen molar-refractivity contribution in [3.63, 3.8) is 0 Å². The number of nitrogens with one attached hydrogen (secondary N) is 1. The minimum atomic E-state index is -0.685. The Morgan fingerprint density at radius 1 is 1.69 bits per heavy atom. The quantitative estimate of drug-likeness (QED) is 0.700. The maximum Gasteiger partial charge on any atom is 0.305 e. The molecule has 1 saturated carbocycles. The van der Waals surface area contributed by atoms with Crippen LogP contribution in [-0.2, 0) is 4.79 Å². The summed E-state index contributed by atoms with van der Waals surface area (Å²) in [7, 11) is 0. The Balaban J connectivity index is 2.67. The van der Waals surface area contributed by atoms with Gasteiger partial charge in [-0.15, -0.1) is 0 Å². The van der Waals surface area contributed by atoms with Gasteiger partial charge in [-0.25, -0.2) is 0 Å². The van der Waals surface area contributed by atoms with Gasteiger partial charge in [-0.2, -0.15) is 0 Å².